The molecule has 3 atom stereocenters. The van der Waals surface area contributed by atoms with Crippen LogP contribution in [0.15, 0.2) is 10.3 Å². The van der Waals surface area contributed by atoms with Crippen LogP contribution in [0, 0.1) is 0 Å². The minimum Gasteiger partial charge on any atom is -0.399 e. The Kier molecular flexibility index (Phi) is 4.71. The number of rotatable bonds is 5. The highest BCUT2D eigenvalue weighted by molar-refractivity contribution is 5.64. The molecule has 1 saturated heterocycles. The van der Waals surface area contributed by atoms with Gasteiger partial charge in [0, 0.05) is 4.91 Å². The second-order valence-corrected chi connectivity index (χ2v) is 3.98. The third kappa shape index (κ3) is 3.86. The molecule has 1 rings (SSSR count). The molecule has 0 spiro atoms. The Hall–Kier alpha value is -1.34. The van der Waals surface area contributed by atoms with E-state index in [1.54, 1.807) is 13.8 Å². The first-order valence-electron chi connectivity index (χ1n) is 5.11. The van der Waals surface area contributed by atoms with Gasteiger partial charge in [0.25, 0.3) is 0 Å². The summed E-state index contributed by atoms with van der Waals surface area (Å²) >= 11 is 0. The average molecular weight is 244 g/mol. The van der Waals surface area contributed by atoms with Crippen LogP contribution in [0.4, 0.5) is 0 Å². The van der Waals surface area contributed by atoms with Crippen LogP contribution in [-0.2, 0) is 14.3 Å². The lowest BCUT2D eigenvalue weighted by Crippen LogP contribution is -2.38. The van der Waals surface area contributed by atoms with Crippen LogP contribution in [0.2, 0.25) is 0 Å². The van der Waals surface area contributed by atoms with Gasteiger partial charge >= 0.3 is 0 Å². The second kappa shape index (κ2) is 5.83. The number of hydrogen-bond acceptors (Lipinski definition) is 6. The molecule has 0 aromatic heterocycles. The van der Waals surface area contributed by atoms with Gasteiger partial charge in [-0.2, -0.15) is 0 Å². The van der Waals surface area contributed by atoms with E-state index in [-0.39, 0.29) is 6.54 Å². The lowest BCUT2D eigenvalue weighted by atomic mass is 10.1. The van der Waals surface area contributed by atoms with Crippen molar-refractivity contribution in [1.29, 1.82) is 0 Å². The number of azide groups is 1. The molecular formula is C9H16N4O4. The molecule has 1 aliphatic heterocycles. The van der Waals surface area contributed by atoms with Crippen LogP contribution in [-0.4, -0.2) is 49.1 Å². The highest BCUT2D eigenvalue weighted by Crippen LogP contribution is 2.29. The van der Waals surface area contributed by atoms with Crippen LogP contribution in [0.5, 0.6) is 0 Å². The van der Waals surface area contributed by atoms with Crippen molar-refractivity contribution in [3.63, 3.8) is 0 Å². The topological polar surface area (TPSA) is 109 Å². The van der Waals surface area contributed by atoms with Gasteiger partial charge in [0.2, 0.25) is 0 Å². The number of nitrogens with zero attached hydrogens (tertiary/aromatic N) is 4. The first kappa shape index (κ1) is 13.7. The third-order valence-electron chi connectivity index (χ3n) is 2.19. The molecule has 0 unspecified atom stereocenters. The van der Waals surface area contributed by atoms with Crippen molar-refractivity contribution < 1.29 is 19.4 Å². The van der Waals surface area contributed by atoms with Crippen molar-refractivity contribution in [2.24, 2.45) is 10.3 Å². The van der Waals surface area contributed by atoms with E-state index in [9.17, 15) is 5.11 Å². The van der Waals surface area contributed by atoms with Gasteiger partial charge in [-0.25, -0.2) is 0 Å². The van der Waals surface area contributed by atoms with Gasteiger partial charge in [0.05, 0.1) is 18.9 Å². The van der Waals surface area contributed by atoms with Crippen molar-refractivity contribution in [2.45, 2.75) is 37.9 Å². The number of hydrogen-bond donors (Lipinski definition) is 1. The van der Waals surface area contributed by atoms with Gasteiger partial charge in [0.1, 0.15) is 19.3 Å². The first-order chi connectivity index (χ1) is 8.00. The molecule has 0 aliphatic carbocycles. The normalized spacial score (nSPS) is 28.9. The molecule has 1 N–H and O–H groups in total. The fourth-order valence-corrected chi connectivity index (χ4v) is 1.57. The molecule has 1 heterocycles. The SMILES string of the molecule is CO/N=C/[C@H]1OC(C)(C)O[C@@H]1[C@H](O)CN=[N+]=[N-]. The fourth-order valence-electron chi connectivity index (χ4n) is 1.57. The van der Waals surface area contributed by atoms with Gasteiger partial charge in [0.15, 0.2) is 5.79 Å². The van der Waals surface area contributed by atoms with Crippen molar-refractivity contribution >= 4 is 6.21 Å². The summed E-state index contributed by atoms with van der Waals surface area (Å²) in [4.78, 5) is 7.13. The zero-order valence-electron chi connectivity index (χ0n) is 9.98. The smallest absolute Gasteiger partial charge is 0.164 e. The van der Waals surface area contributed by atoms with E-state index in [4.69, 9.17) is 15.0 Å². The Morgan fingerprint density at radius 2 is 2.29 bits per heavy atom. The quantitative estimate of drug-likeness (QED) is 0.253. The molecule has 8 heteroatoms. The molecule has 8 nitrogen and oxygen atoms in total. The Balaban J connectivity index is 2.72. The predicted molar refractivity (Wildman–Crippen MR) is 59.3 cm³/mol. The molecule has 0 bridgehead atoms. The minimum absolute atomic E-state index is 0.0854. The van der Waals surface area contributed by atoms with E-state index in [1.807, 2.05) is 0 Å². The molecule has 1 aliphatic rings. The Morgan fingerprint density at radius 3 is 2.88 bits per heavy atom. The van der Waals surface area contributed by atoms with Crippen LogP contribution >= 0.6 is 0 Å². The second-order valence-electron chi connectivity index (χ2n) is 3.98. The van der Waals surface area contributed by atoms with Gasteiger partial charge in [-0.15, -0.1) is 0 Å². The molecular weight excluding hydrogens is 228 g/mol. The zero-order valence-corrected chi connectivity index (χ0v) is 9.98. The van der Waals surface area contributed by atoms with E-state index >= 15 is 0 Å². The molecule has 0 aromatic rings. The summed E-state index contributed by atoms with van der Waals surface area (Å²) in [5.74, 6) is -0.827. The lowest BCUT2D eigenvalue weighted by Gasteiger charge is -2.19. The van der Waals surface area contributed by atoms with Crippen LogP contribution < -0.4 is 0 Å². The molecule has 0 saturated carbocycles. The van der Waals surface area contributed by atoms with Gasteiger partial charge in [-0.1, -0.05) is 10.3 Å². The van der Waals surface area contributed by atoms with E-state index in [2.05, 4.69) is 20.0 Å². The average Bonchev–Trinajstić information content (AvgIpc) is 2.58. The van der Waals surface area contributed by atoms with Gasteiger partial charge < -0.3 is 19.4 Å². The molecule has 1 fully saturated rings. The summed E-state index contributed by atoms with van der Waals surface area (Å²) < 4.78 is 11.0. The lowest BCUT2D eigenvalue weighted by molar-refractivity contribution is -0.151. The summed E-state index contributed by atoms with van der Waals surface area (Å²) in [6.45, 7) is 3.36. The van der Waals surface area contributed by atoms with Crippen LogP contribution in [0.1, 0.15) is 13.8 Å². The minimum atomic E-state index is -0.957. The van der Waals surface area contributed by atoms with Crippen molar-refractivity contribution in [2.75, 3.05) is 13.7 Å². The van der Waals surface area contributed by atoms with Gasteiger partial charge in [-0.05, 0) is 19.4 Å². The first-order valence-corrected chi connectivity index (χ1v) is 5.11. The van der Waals surface area contributed by atoms with E-state index in [0.29, 0.717) is 0 Å². The standard InChI is InChI=1S/C9H16N4O4/c1-9(2)16-7(5-12-15-3)8(17-9)6(14)4-11-13-10/h5-8,14H,4H2,1-3H3/b12-5+/t6-,7-,8-/m1/s1. The molecule has 0 aromatic carbocycles. The Morgan fingerprint density at radius 1 is 1.59 bits per heavy atom. The van der Waals surface area contributed by atoms with Crippen LogP contribution in [0.3, 0.4) is 0 Å². The summed E-state index contributed by atoms with van der Waals surface area (Å²) in [5.41, 5.74) is 8.20. The molecule has 0 amide bonds. The fraction of sp³-hybridized carbons (Fsp3) is 0.889. The van der Waals surface area contributed by atoms with Crippen molar-refractivity contribution in [3.8, 4) is 0 Å². The van der Waals surface area contributed by atoms with E-state index in [0.717, 1.165) is 0 Å². The largest absolute Gasteiger partial charge is 0.399 e. The monoisotopic (exact) mass is 244 g/mol. The predicted octanol–water partition coefficient (Wildman–Crippen LogP) is 0.810. The summed E-state index contributed by atoms with van der Waals surface area (Å²) in [5, 5.41) is 16.7. The van der Waals surface area contributed by atoms with E-state index < -0.39 is 24.1 Å². The number of aliphatic hydroxyl groups excluding tert-OH is 1. The Labute approximate surface area is 98.8 Å². The third-order valence-corrected chi connectivity index (χ3v) is 2.19. The number of ether oxygens (including phenoxy) is 2. The highest BCUT2D eigenvalue weighted by atomic mass is 16.8. The molecule has 96 valence electrons. The Bertz CT molecular complexity index is 327. The van der Waals surface area contributed by atoms with Crippen molar-refractivity contribution in [3.05, 3.63) is 10.4 Å². The van der Waals surface area contributed by atoms with E-state index in [1.165, 1.54) is 13.3 Å². The summed E-state index contributed by atoms with van der Waals surface area (Å²) in [7, 11) is 1.41. The summed E-state index contributed by atoms with van der Waals surface area (Å²) in [6.07, 6.45) is -0.747. The van der Waals surface area contributed by atoms with Gasteiger partial charge in [-0.3, -0.25) is 0 Å². The maximum atomic E-state index is 9.81. The number of oxime groups is 1. The number of aliphatic hydroxyl groups is 1. The molecule has 17 heavy (non-hydrogen) atoms. The highest BCUT2D eigenvalue weighted by Gasteiger charge is 2.43. The maximum absolute atomic E-state index is 9.81. The zero-order chi connectivity index (χ0) is 12.9. The summed E-state index contributed by atoms with van der Waals surface area (Å²) in [6, 6.07) is 0. The molecule has 0 radical (unpaired) electrons. The van der Waals surface area contributed by atoms with Crippen molar-refractivity contribution in [1.82, 2.24) is 0 Å². The van der Waals surface area contributed by atoms with Crippen LogP contribution in [0.25, 0.3) is 10.4 Å². The maximum Gasteiger partial charge on any atom is 0.164 e.